The first-order valence-corrected chi connectivity index (χ1v) is 9.60. The molecule has 0 aliphatic carbocycles. The van der Waals surface area contributed by atoms with E-state index in [4.69, 9.17) is 4.74 Å². The molecule has 0 radical (unpaired) electrons. The number of pyridine rings is 1. The van der Waals surface area contributed by atoms with Gasteiger partial charge in [0, 0.05) is 59.5 Å². The predicted molar refractivity (Wildman–Crippen MR) is 109 cm³/mol. The molecule has 29 heavy (non-hydrogen) atoms. The highest BCUT2D eigenvalue weighted by atomic mass is 19.1. The smallest absolute Gasteiger partial charge is 0.230 e. The van der Waals surface area contributed by atoms with Crippen molar-refractivity contribution in [1.29, 1.82) is 0 Å². The summed E-state index contributed by atoms with van der Waals surface area (Å²) in [5, 5.41) is 3.40. The number of nitrogens with one attached hydrogen (secondary N) is 1. The summed E-state index contributed by atoms with van der Waals surface area (Å²) in [5.41, 5.74) is 4.91. The maximum absolute atomic E-state index is 14.4. The van der Waals surface area contributed by atoms with E-state index in [1.807, 2.05) is 35.9 Å². The Kier molecular flexibility index (Phi) is 4.35. The molecule has 3 aromatic rings. The van der Waals surface area contributed by atoms with Crippen LogP contribution in [0, 0.1) is 12.7 Å². The van der Waals surface area contributed by atoms with Gasteiger partial charge in [0.1, 0.15) is 17.4 Å². The summed E-state index contributed by atoms with van der Waals surface area (Å²) in [5.74, 6) is 1.40. The minimum Gasteiger partial charge on any atom is -0.493 e. The highest BCUT2D eigenvalue weighted by Gasteiger charge is 2.19. The lowest BCUT2D eigenvalue weighted by Crippen LogP contribution is -2.27. The Morgan fingerprint density at radius 1 is 1.24 bits per heavy atom. The van der Waals surface area contributed by atoms with E-state index in [0.29, 0.717) is 30.8 Å². The highest BCUT2D eigenvalue weighted by Crippen LogP contribution is 2.31. The summed E-state index contributed by atoms with van der Waals surface area (Å²) in [7, 11) is 0. The number of rotatable bonds is 3. The van der Waals surface area contributed by atoms with Crippen LogP contribution in [0.5, 0.6) is 5.75 Å². The topological polar surface area (TPSA) is 64.3 Å². The van der Waals surface area contributed by atoms with E-state index in [1.54, 1.807) is 18.5 Å². The number of hydrogen-bond donors (Lipinski definition) is 1. The average molecular weight is 389 g/mol. The normalized spacial score (nSPS) is 14.9. The SMILES string of the molecule is Cc1ncccc1-c1cnc(=NCc2c(F)ccc3c2CCO3)n2c1NCC=C2. The van der Waals surface area contributed by atoms with E-state index in [1.165, 1.54) is 6.07 Å². The highest BCUT2D eigenvalue weighted by molar-refractivity contribution is 5.78. The Labute approximate surface area is 167 Å². The minimum absolute atomic E-state index is 0.212. The lowest BCUT2D eigenvalue weighted by molar-refractivity contribution is 0.356. The molecule has 0 bridgehead atoms. The fraction of sp³-hybridized carbons (Fsp3) is 0.227. The lowest BCUT2D eigenvalue weighted by Gasteiger charge is -2.20. The van der Waals surface area contributed by atoms with Gasteiger partial charge in [0.2, 0.25) is 5.62 Å². The molecule has 2 aliphatic heterocycles. The van der Waals surface area contributed by atoms with E-state index in [-0.39, 0.29) is 12.4 Å². The number of benzene rings is 1. The third kappa shape index (κ3) is 3.08. The van der Waals surface area contributed by atoms with E-state index in [9.17, 15) is 4.39 Å². The third-order valence-electron chi connectivity index (χ3n) is 5.28. The van der Waals surface area contributed by atoms with Crippen molar-refractivity contribution in [3.8, 4) is 16.9 Å². The first-order valence-electron chi connectivity index (χ1n) is 9.60. The largest absolute Gasteiger partial charge is 0.493 e. The molecule has 4 heterocycles. The molecule has 7 heteroatoms. The zero-order chi connectivity index (χ0) is 19.8. The fourth-order valence-electron chi connectivity index (χ4n) is 3.83. The third-order valence-corrected chi connectivity index (χ3v) is 5.28. The summed E-state index contributed by atoms with van der Waals surface area (Å²) in [6.07, 6.45) is 8.23. The second kappa shape index (κ2) is 7.16. The van der Waals surface area contributed by atoms with Crippen molar-refractivity contribution in [3.63, 3.8) is 0 Å². The molecule has 0 unspecified atom stereocenters. The van der Waals surface area contributed by atoms with Gasteiger partial charge in [0.15, 0.2) is 0 Å². The Morgan fingerprint density at radius 3 is 3.07 bits per heavy atom. The number of fused-ring (bicyclic) bond motifs is 2. The molecule has 0 spiro atoms. The summed E-state index contributed by atoms with van der Waals surface area (Å²) in [6.45, 7) is 3.49. The van der Waals surface area contributed by atoms with Crippen LogP contribution in [0.3, 0.4) is 0 Å². The monoisotopic (exact) mass is 389 g/mol. The Balaban J connectivity index is 1.60. The molecule has 0 fully saturated rings. The van der Waals surface area contributed by atoms with Crippen LogP contribution < -0.4 is 15.7 Å². The first-order chi connectivity index (χ1) is 14.2. The van der Waals surface area contributed by atoms with Crippen molar-refractivity contribution in [2.24, 2.45) is 4.99 Å². The van der Waals surface area contributed by atoms with Gasteiger partial charge in [-0.15, -0.1) is 0 Å². The second-order valence-electron chi connectivity index (χ2n) is 7.01. The van der Waals surface area contributed by atoms with Crippen molar-refractivity contribution in [1.82, 2.24) is 14.5 Å². The van der Waals surface area contributed by atoms with Crippen LogP contribution in [0.2, 0.25) is 0 Å². The predicted octanol–water partition coefficient (Wildman–Crippen LogP) is 3.32. The minimum atomic E-state index is -0.256. The Hall–Kier alpha value is -3.48. The molecule has 1 aromatic carbocycles. The zero-order valence-electron chi connectivity index (χ0n) is 16.0. The molecule has 0 amide bonds. The van der Waals surface area contributed by atoms with Gasteiger partial charge >= 0.3 is 0 Å². The van der Waals surface area contributed by atoms with Crippen molar-refractivity contribution in [2.75, 3.05) is 18.5 Å². The van der Waals surface area contributed by atoms with Gasteiger partial charge in [-0.05, 0) is 31.2 Å². The molecular weight excluding hydrogens is 369 g/mol. The first kappa shape index (κ1) is 17.6. The quantitative estimate of drug-likeness (QED) is 0.746. The molecular formula is C22H20FN5O. The summed E-state index contributed by atoms with van der Waals surface area (Å²) >= 11 is 0. The summed E-state index contributed by atoms with van der Waals surface area (Å²) < 4.78 is 21.9. The number of ether oxygens (including phenoxy) is 1. The second-order valence-corrected chi connectivity index (χ2v) is 7.01. The summed E-state index contributed by atoms with van der Waals surface area (Å²) in [4.78, 5) is 13.6. The van der Waals surface area contributed by atoms with Gasteiger partial charge in [-0.25, -0.2) is 14.4 Å². The Bertz CT molecular complexity index is 1200. The molecule has 0 saturated heterocycles. The number of anilines is 1. The van der Waals surface area contributed by atoms with Crippen molar-refractivity contribution < 1.29 is 9.13 Å². The van der Waals surface area contributed by atoms with E-state index < -0.39 is 0 Å². The molecule has 1 N–H and O–H groups in total. The molecule has 0 saturated carbocycles. The van der Waals surface area contributed by atoms with E-state index in [2.05, 4.69) is 20.3 Å². The molecule has 5 rings (SSSR count). The van der Waals surface area contributed by atoms with Crippen LogP contribution in [-0.2, 0) is 13.0 Å². The molecule has 6 nitrogen and oxygen atoms in total. The molecule has 146 valence electrons. The van der Waals surface area contributed by atoms with Crippen LogP contribution in [0.15, 0.2) is 47.7 Å². The standard InChI is InChI=1S/C22H20FN5O/c1-14-15(4-2-8-24-14)18-13-27-22(28-10-3-9-25-21(18)28)26-12-17-16-7-11-29-20(16)6-5-19(17)23/h2-6,8,10,13,25H,7,9,11-12H2,1H3. The van der Waals surface area contributed by atoms with Crippen LogP contribution in [0.1, 0.15) is 16.8 Å². The van der Waals surface area contributed by atoms with Gasteiger partial charge in [-0.1, -0.05) is 6.07 Å². The average Bonchev–Trinajstić information content (AvgIpc) is 3.22. The van der Waals surface area contributed by atoms with Crippen LogP contribution >= 0.6 is 0 Å². The maximum atomic E-state index is 14.4. The number of hydrogen-bond acceptors (Lipinski definition) is 5. The van der Waals surface area contributed by atoms with Crippen LogP contribution in [0.25, 0.3) is 17.3 Å². The molecule has 2 aliphatic rings. The maximum Gasteiger partial charge on any atom is 0.230 e. The van der Waals surface area contributed by atoms with Crippen LogP contribution in [-0.4, -0.2) is 27.7 Å². The zero-order valence-corrected chi connectivity index (χ0v) is 16.0. The van der Waals surface area contributed by atoms with Crippen molar-refractivity contribution >= 4 is 12.0 Å². The van der Waals surface area contributed by atoms with Gasteiger partial charge < -0.3 is 10.1 Å². The van der Waals surface area contributed by atoms with Gasteiger partial charge in [-0.3, -0.25) is 9.55 Å². The van der Waals surface area contributed by atoms with Crippen LogP contribution in [0.4, 0.5) is 10.2 Å². The fourth-order valence-corrected chi connectivity index (χ4v) is 3.83. The van der Waals surface area contributed by atoms with Gasteiger partial charge in [0.05, 0.1) is 13.2 Å². The Morgan fingerprint density at radius 2 is 2.17 bits per heavy atom. The van der Waals surface area contributed by atoms with E-state index in [0.717, 1.165) is 34.0 Å². The molecule has 0 atom stereocenters. The summed E-state index contributed by atoms with van der Waals surface area (Å²) in [6, 6.07) is 7.07. The number of aromatic nitrogens is 3. The van der Waals surface area contributed by atoms with E-state index >= 15 is 0 Å². The number of halogens is 1. The lowest BCUT2D eigenvalue weighted by atomic mass is 10.0. The van der Waals surface area contributed by atoms with Crippen molar-refractivity contribution in [2.45, 2.75) is 19.9 Å². The molecule has 2 aromatic heterocycles. The number of nitrogens with zero attached hydrogens (tertiary/aromatic N) is 4. The van der Waals surface area contributed by atoms with Gasteiger partial charge in [0.25, 0.3) is 0 Å². The number of aryl methyl sites for hydroxylation is 1. The van der Waals surface area contributed by atoms with Crippen molar-refractivity contribution in [3.05, 3.63) is 71.0 Å². The van der Waals surface area contributed by atoms with Gasteiger partial charge in [-0.2, -0.15) is 0 Å².